The van der Waals surface area contributed by atoms with Crippen LogP contribution in [0.3, 0.4) is 0 Å². The molecule has 2 N–H and O–H groups in total. The number of rotatable bonds is 6. The van der Waals surface area contributed by atoms with Crippen LogP contribution in [0.25, 0.3) is 0 Å². The van der Waals surface area contributed by atoms with Crippen LogP contribution in [0.2, 0.25) is 0 Å². The van der Waals surface area contributed by atoms with Crippen molar-refractivity contribution in [2.45, 2.75) is 19.6 Å². The summed E-state index contributed by atoms with van der Waals surface area (Å²) in [7, 11) is 3.44. The monoisotopic (exact) mass is 262 g/mol. The number of hydrogen-bond donors (Lipinski definition) is 2. The number of nitrogens with zero attached hydrogens (tertiary/aromatic N) is 2. The maximum Gasteiger partial charge on any atom is 0.158 e. The Morgan fingerprint density at radius 1 is 1.37 bits per heavy atom. The third-order valence-corrected chi connectivity index (χ3v) is 2.64. The zero-order chi connectivity index (χ0) is 13.7. The molecule has 19 heavy (non-hydrogen) atoms. The van der Waals surface area contributed by atoms with Crippen molar-refractivity contribution in [3.8, 4) is 0 Å². The highest BCUT2D eigenvalue weighted by Gasteiger charge is 2.10. The maximum absolute atomic E-state index is 5.36. The lowest BCUT2D eigenvalue weighted by molar-refractivity contribution is 0.178. The molecule has 0 saturated carbocycles. The fraction of sp³-hybridized carbons (Fsp3) is 0.385. The molecule has 0 spiro atoms. The maximum atomic E-state index is 5.36. The van der Waals surface area contributed by atoms with Gasteiger partial charge in [-0.3, -0.25) is 0 Å². The summed E-state index contributed by atoms with van der Waals surface area (Å²) in [4.78, 5) is 8.69. The molecule has 0 aliphatic heterocycles. The summed E-state index contributed by atoms with van der Waals surface area (Å²) in [6.07, 6.45) is 1.66. The second-order valence-electron chi connectivity index (χ2n) is 4.12. The number of hydrogen-bond acceptors (Lipinski definition) is 6. The first-order valence-electron chi connectivity index (χ1n) is 6.07. The van der Waals surface area contributed by atoms with E-state index < -0.39 is 0 Å². The van der Waals surface area contributed by atoms with Gasteiger partial charge in [-0.2, -0.15) is 0 Å². The molecule has 0 bridgehead atoms. The molecule has 1 unspecified atom stereocenters. The van der Waals surface area contributed by atoms with Crippen LogP contribution in [0, 0.1) is 0 Å². The summed E-state index contributed by atoms with van der Waals surface area (Å²) >= 11 is 0. The van der Waals surface area contributed by atoms with Crippen molar-refractivity contribution in [2.75, 3.05) is 24.8 Å². The first kappa shape index (κ1) is 13.4. The quantitative estimate of drug-likeness (QED) is 0.833. The molecule has 0 aliphatic rings. The van der Waals surface area contributed by atoms with Gasteiger partial charge >= 0.3 is 0 Å². The lowest BCUT2D eigenvalue weighted by atomic mass is 10.2. The van der Waals surface area contributed by atoms with Crippen molar-refractivity contribution in [1.82, 2.24) is 9.97 Å². The van der Waals surface area contributed by atoms with Gasteiger partial charge in [0.05, 0.1) is 12.3 Å². The number of ether oxygens (including phenoxy) is 1. The predicted octanol–water partition coefficient (Wildman–Crippen LogP) is 2.43. The van der Waals surface area contributed by atoms with Crippen molar-refractivity contribution in [3.05, 3.63) is 36.0 Å². The van der Waals surface area contributed by atoms with E-state index in [0.29, 0.717) is 12.4 Å². The smallest absolute Gasteiger partial charge is 0.158 e. The van der Waals surface area contributed by atoms with Crippen LogP contribution in [-0.4, -0.2) is 24.1 Å². The number of aromatic nitrogens is 2. The van der Waals surface area contributed by atoms with Crippen LogP contribution in [0.4, 0.5) is 11.6 Å². The average molecular weight is 262 g/mol. The third-order valence-electron chi connectivity index (χ3n) is 2.64. The second kappa shape index (κ2) is 6.19. The fourth-order valence-corrected chi connectivity index (χ4v) is 1.72. The van der Waals surface area contributed by atoms with Gasteiger partial charge in [-0.1, -0.05) is 0 Å². The molecule has 102 valence electrons. The van der Waals surface area contributed by atoms with Gasteiger partial charge in [0, 0.05) is 20.2 Å². The largest absolute Gasteiger partial charge is 0.467 e. The predicted molar refractivity (Wildman–Crippen MR) is 73.0 cm³/mol. The lowest BCUT2D eigenvalue weighted by Crippen LogP contribution is -2.10. The van der Waals surface area contributed by atoms with E-state index in [-0.39, 0.29) is 6.04 Å². The molecule has 6 heteroatoms. The van der Waals surface area contributed by atoms with Crippen LogP contribution < -0.4 is 10.6 Å². The lowest BCUT2D eigenvalue weighted by Gasteiger charge is -2.14. The molecule has 0 aliphatic carbocycles. The number of furan rings is 1. The van der Waals surface area contributed by atoms with Gasteiger partial charge in [0.15, 0.2) is 5.82 Å². The van der Waals surface area contributed by atoms with E-state index in [9.17, 15) is 0 Å². The molecule has 2 heterocycles. The van der Waals surface area contributed by atoms with Gasteiger partial charge in [-0.15, -0.1) is 0 Å². The first-order chi connectivity index (χ1) is 9.22. The van der Waals surface area contributed by atoms with Gasteiger partial charge < -0.3 is 19.8 Å². The van der Waals surface area contributed by atoms with Crippen molar-refractivity contribution in [1.29, 1.82) is 0 Å². The first-order valence-corrected chi connectivity index (χ1v) is 6.07. The molecule has 2 aromatic rings. The summed E-state index contributed by atoms with van der Waals surface area (Å²) in [6, 6.07) is 5.67. The Morgan fingerprint density at radius 2 is 2.16 bits per heavy atom. The standard InChI is InChI=1S/C13H18N4O2/c1-9(10-5-4-6-19-10)15-12-7-11(14-2)16-13(17-12)8-18-3/h4-7,9H,8H2,1-3H3,(H2,14,15,16,17). The van der Waals surface area contributed by atoms with Crippen LogP contribution in [0.5, 0.6) is 0 Å². The van der Waals surface area contributed by atoms with E-state index in [4.69, 9.17) is 9.15 Å². The van der Waals surface area contributed by atoms with Crippen LogP contribution in [-0.2, 0) is 11.3 Å². The Hall–Kier alpha value is -2.08. The highest BCUT2D eigenvalue weighted by molar-refractivity contribution is 5.48. The molecule has 0 aromatic carbocycles. The van der Waals surface area contributed by atoms with Crippen LogP contribution in [0.1, 0.15) is 24.6 Å². The minimum absolute atomic E-state index is 0.0324. The number of anilines is 2. The Bertz CT molecular complexity index is 513. The Kier molecular flexibility index (Phi) is 4.35. The van der Waals surface area contributed by atoms with E-state index in [1.165, 1.54) is 0 Å². The molecule has 2 aromatic heterocycles. The van der Waals surface area contributed by atoms with E-state index in [1.807, 2.05) is 32.2 Å². The number of methoxy groups -OCH3 is 1. The molecular weight excluding hydrogens is 244 g/mol. The molecule has 0 radical (unpaired) electrons. The van der Waals surface area contributed by atoms with Crippen molar-refractivity contribution < 1.29 is 9.15 Å². The van der Waals surface area contributed by atoms with Gasteiger partial charge in [-0.25, -0.2) is 9.97 Å². The summed E-state index contributed by atoms with van der Waals surface area (Å²) in [5, 5.41) is 6.28. The summed E-state index contributed by atoms with van der Waals surface area (Å²) in [5.41, 5.74) is 0. The van der Waals surface area contributed by atoms with Gasteiger partial charge in [0.1, 0.15) is 24.0 Å². The van der Waals surface area contributed by atoms with E-state index in [1.54, 1.807) is 13.4 Å². The zero-order valence-electron chi connectivity index (χ0n) is 11.3. The van der Waals surface area contributed by atoms with Crippen molar-refractivity contribution >= 4 is 11.6 Å². The van der Waals surface area contributed by atoms with Gasteiger partial charge in [-0.05, 0) is 19.1 Å². The molecule has 0 saturated heterocycles. The minimum Gasteiger partial charge on any atom is -0.467 e. The zero-order valence-corrected chi connectivity index (χ0v) is 11.3. The van der Waals surface area contributed by atoms with E-state index in [0.717, 1.165) is 17.4 Å². The van der Waals surface area contributed by atoms with Gasteiger partial charge in [0.2, 0.25) is 0 Å². The van der Waals surface area contributed by atoms with Gasteiger partial charge in [0.25, 0.3) is 0 Å². The van der Waals surface area contributed by atoms with E-state index in [2.05, 4.69) is 20.6 Å². The van der Waals surface area contributed by atoms with Crippen LogP contribution >= 0.6 is 0 Å². The topological polar surface area (TPSA) is 72.2 Å². The molecule has 6 nitrogen and oxygen atoms in total. The summed E-state index contributed by atoms with van der Waals surface area (Å²) in [5.74, 6) is 2.97. The minimum atomic E-state index is 0.0324. The fourth-order valence-electron chi connectivity index (χ4n) is 1.72. The molecule has 1 atom stereocenters. The molecular formula is C13H18N4O2. The normalized spacial score (nSPS) is 12.2. The molecule has 0 fully saturated rings. The number of nitrogens with one attached hydrogen (secondary N) is 2. The summed E-state index contributed by atoms with van der Waals surface area (Å²) in [6.45, 7) is 2.38. The molecule has 0 amide bonds. The van der Waals surface area contributed by atoms with Crippen molar-refractivity contribution in [3.63, 3.8) is 0 Å². The SMILES string of the molecule is CNc1cc(NC(C)c2ccco2)nc(COC)n1. The van der Waals surface area contributed by atoms with E-state index >= 15 is 0 Å². The third kappa shape index (κ3) is 3.45. The molecule has 2 rings (SSSR count). The Labute approximate surface area is 112 Å². The summed E-state index contributed by atoms with van der Waals surface area (Å²) < 4.78 is 10.4. The van der Waals surface area contributed by atoms with Crippen LogP contribution in [0.15, 0.2) is 28.9 Å². The average Bonchev–Trinajstić information content (AvgIpc) is 2.92. The second-order valence-corrected chi connectivity index (χ2v) is 4.12. The highest BCUT2D eigenvalue weighted by Crippen LogP contribution is 2.20. The highest BCUT2D eigenvalue weighted by atomic mass is 16.5. The Morgan fingerprint density at radius 3 is 2.79 bits per heavy atom. The van der Waals surface area contributed by atoms with Crippen molar-refractivity contribution in [2.24, 2.45) is 0 Å². The Balaban J connectivity index is 2.16.